The smallest absolute Gasteiger partial charge is 0.133 e. The van der Waals surface area contributed by atoms with Gasteiger partial charge in [-0.3, -0.25) is 4.79 Å². The molecule has 1 fully saturated rings. The molecule has 0 saturated heterocycles. The van der Waals surface area contributed by atoms with Crippen LogP contribution in [-0.4, -0.2) is 5.78 Å². The summed E-state index contributed by atoms with van der Waals surface area (Å²) in [4.78, 5) is 10.8. The van der Waals surface area contributed by atoms with Crippen LogP contribution in [0.3, 0.4) is 0 Å². The Hall–Kier alpha value is -0.330. The van der Waals surface area contributed by atoms with Crippen molar-refractivity contribution in [1.82, 2.24) is 0 Å². The van der Waals surface area contributed by atoms with Gasteiger partial charge in [-0.05, 0) is 25.7 Å². The Bertz CT molecular complexity index is 140. The zero-order chi connectivity index (χ0) is 8.27. The first-order valence-electron chi connectivity index (χ1n) is 4.76. The lowest BCUT2D eigenvalue weighted by molar-refractivity contribution is -0.118. The van der Waals surface area contributed by atoms with Crippen LogP contribution in [0.2, 0.25) is 0 Å². The van der Waals surface area contributed by atoms with Crippen molar-refractivity contribution in [2.75, 3.05) is 0 Å². The first-order chi connectivity index (χ1) is 5.25. The standard InChI is InChI=1S/C10H18O/c1-3-4-5-6-9-7-10(9)8(2)11/h9-10H,3-7H2,1-2H3. The van der Waals surface area contributed by atoms with Gasteiger partial charge in [0.05, 0.1) is 0 Å². The highest BCUT2D eigenvalue weighted by molar-refractivity contribution is 5.81. The van der Waals surface area contributed by atoms with E-state index in [0.29, 0.717) is 11.7 Å². The summed E-state index contributed by atoms with van der Waals surface area (Å²) in [7, 11) is 0. The molecule has 0 heterocycles. The van der Waals surface area contributed by atoms with Crippen molar-refractivity contribution < 1.29 is 4.79 Å². The van der Waals surface area contributed by atoms with E-state index in [1.165, 1.54) is 32.1 Å². The zero-order valence-corrected chi connectivity index (χ0v) is 7.60. The van der Waals surface area contributed by atoms with Crippen LogP contribution >= 0.6 is 0 Å². The third-order valence-electron chi connectivity index (χ3n) is 2.62. The van der Waals surface area contributed by atoms with Crippen LogP contribution in [0.4, 0.5) is 0 Å². The molecule has 64 valence electrons. The molecule has 0 amide bonds. The number of Topliss-reactive ketones (excluding diaryl/α,β-unsaturated/α-hetero) is 1. The van der Waals surface area contributed by atoms with Gasteiger partial charge in [-0.2, -0.15) is 0 Å². The van der Waals surface area contributed by atoms with Crippen molar-refractivity contribution in [1.29, 1.82) is 0 Å². The van der Waals surface area contributed by atoms with Gasteiger partial charge in [0.15, 0.2) is 0 Å². The van der Waals surface area contributed by atoms with E-state index in [1.807, 2.05) is 0 Å². The van der Waals surface area contributed by atoms with Gasteiger partial charge in [-0.25, -0.2) is 0 Å². The molecule has 1 saturated carbocycles. The number of hydrogen-bond acceptors (Lipinski definition) is 1. The van der Waals surface area contributed by atoms with Gasteiger partial charge >= 0.3 is 0 Å². The number of ketones is 1. The fraction of sp³-hybridized carbons (Fsp3) is 0.900. The summed E-state index contributed by atoms with van der Waals surface area (Å²) >= 11 is 0. The molecule has 1 aliphatic rings. The summed E-state index contributed by atoms with van der Waals surface area (Å²) in [6, 6.07) is 0. The van der Waals surface area contributed by atoms with Gasteiger partial charge in [-0.15, -0.1) is 0 Å². The maximum atomic E-state index is 10.8. The van der Waals surface area contributed by atoms with Crippen molar-refractivity contribution >= 4 is 5.78 Å². The van der Waals surface area contributed by atoms with E-state index in [2.05, 4.69) is 6.92 Å². The summed E-state index contributed by atoms with van der Waals surface area (Å²) in [5.74, 6) is 1.62. The third-order valence-corrected chi connectivity index (χ3v) is 2.62. The Labute approximate surface area is 69.2 Å². The van der Waals surface area contributed by atoms with Crippen molar-refractivity contribution in [3.8, 4) is 0 Å². The van der Waals surface area contributed by atoms with Gasteiger partial charge in [-0.1, -0.05) is 26.2 Å². The molecular formula is C10H18O. The summed E-state index contributed by atoms with van der Waals surface area (Å²) in [5, 5.41) is 0. The van der Waals surface area contributed by atoms with E-state index in [0.717, 1.165) is 5.92 Å². The molecule has 0 aliphatic heterocycles. The second kappa shape index (κ2) is 3.89. The number of rotatable bonds is 5. The lowest BCUT2D eigenvalue weighted by Crippen LogP contribution is -1.94. The average molecular weight is 154 g/mol. The fourth-order valence-electron chi connectivity index (χ4n) is 1.72. The van der Waals surface area contributed by atoms with E-state index in [1.54, 1.807) is 6.92 Å². The molecule has 11 heavy (non-hydrogen) atoms. The first kappa shape index (κ1) is 8.76. The fourth-order valence-corrected chi connectivity index (χ4v) is 1.72. The molecule has 2 atom stereocenters. The van der Waals surface area contributed by atoms with Crippen LogP contribution in [-0.2, 0) is 4.79 Å². The van der Waals surface area contributed by atoms with Crippen molar-refractivity contribution in [3.05, 3.63) is 0 Å². The predicted octanol–water partition coefficient (Wildman–Crippen LogP) is 2.79. The number of unbranched alkanes of at least 4 members (excludes halogenated alkanes) is 2. The Morgan fingerprint density at radius 1 is 1.45 bits per heavy atom. The van der Waals surface area contributed by atoms with Crippen LogP contribution in [0.5, 0.6) is 0 Å². The van der Waals surface area contributed by atoms with Crippen LogP contribution in [0.15, 0.2) is 0 Å². The first-order valence-corrected chi connectivity index (χ1v) is 4.76. The lowest BCUT2D eigenvalue weighted by Gasteiger charge is -1.95. The van der Waals surface area contributed by atoms with Gasteiger partial charge in [0.25, 0.3) is 0 Å². The maximum Gasteiger partial charge on any atom is 0.133 e. The summed E-state index contributed by atoms with van der Waals surface area (Å²) < 4.78 is 0. The predicted molar refractivity (Wildman–Crippen MR) is 46.4 cm³/mol. The summed E-state index contributed by atoms with van der Waals surface area (Å²) in [5.41, 5.74) is 0. The lowest BCUT2D eigenvalue weighted by atomic mass is 10.1. The monoisotopic (exact) mass is 154 g/mol. The van der Waals surface area contributed by atoms with Crippen molar-refractivity contribution in [2.24, 2.45) is 11.8 Å². The highest BCUT2D eigenvalue weighted by Crippen LogP contribution is 2.42. The molecule has 0 spiro atoms. The van der Waals surface area contributed by atoms with Crippen LogP contribution in [0, 0.1) is 11.8 Å². The van der Waals surface area contributed by atoms with Gasteiger partial charge < -0.3 is 0 Å². The molecule has 1 nitrogen and oxygen atoms in total. The normalized spacial score (nSPS) is 28.5. The van der Waals surface area contributed by atoms with E-state index in [-0.39, 0.29) is 0 Å². The van der Waals surface area contributed by atoms with Gasteiger partial charge in [0.1, 0.15) is 5.78 Å². The highest BCUT2D eigenvalue weighted by atomic mass is 16.1. The van der Waals surface area contributed by atoms with Crippen LogP contribution in [0.1, 0.15) is 46.0 Å². The number of hydrogen-bond donors (Lipinski definition) is 0. The minimum atomic E-state index is 0.409. The quantitative estimate of drug-likeness (QED) is 0.556. The minimum absolute atomic E-state index is 0.409. The zero-order valence-electron chi connectivity index (χ0n) is 7.60. The molecule has 0 radical (unpaired) electrons. The van der Waals surface area contributed by atoms with E-state index >= 15 is 0 Å². The third kappa shape index (κ3) is 2.64. The highest BCUT2D eigenvalue weighted by Gasteiger charge is 2.39. The maximum absolute atomic E-state index is 10.8. The minimum Gasteiger partial charge on any atom is -0.300 e. The Morgan fingerprint density at radius 3 is 2.64 bits per heavy atom. The molecular weight excluding hydrogens is 136 g/mol. The summed E-state index contributed by atoms with van der Waals surface area (Å²) in [6.45, 7) is 3.94. The van der Waals surface area contributed by atoms with Crippen molar-refractivity contribution in [2.45, 2.75) is 46.0 Å². The Kier molecular flexibility index (Phi) is 3.10. The summed E-state index contributed by atoms with van der Waals surface area (Å²) in [6.07, 6.45) is 6.42. The van der Waals surface area contributed by atoms with E-state index in [9.17, 15) is 4.79 Å². The number of carbonyl (C=O) groups is 1. The molecule has 2 unspecified atom stereocenters. The average Bonchev–Trinajstić information content (AvgIpc) is 2.68. The van der Waals surface area contributed by atoms with Crippen LogP contribution in [0.25, 0.3) is 0 Å². The van der Waals surface area contributed by atoms with E-state index in [4.69, 9.17) is 0 Å². The Morgan fingerprint density at radius 2 is 2.18 bits per heavy atom. The van der Waals surface area contributed by atoms with Gasteiger partial charge in [0.2, 0.25) is 0 Å². The molecule has 1 heteroatoms. The van der Waals surface area contributed by atoms with Gasteiger partial charge in [0, 0.05) is 5.92 Å². The van der Waals surface area contributed by atoms with Crippen LogP contribution < -0.4 is 0 Å². The second-order valence-electron chi connectivity index (χ2n) is 3.71. The topological polar surface area (TPSA) is 17.1 Å². The molecule has 0 aromatic heterocycles. The molecule has 1 aliphatic carbocycles. The second-order valence-corrected chi connectivity index (χ2v) is 3.71. The molecule has 0 N–H and O–H groups in total. The largest absolute Gasteiger partial charge is 0.300 e. The molecule has 1 rings (SSSR count). The van der Waals surface area contributed by atoms with Crippen molar-refractivity contribution in [3.63, 3.8) is 0 Å². The molecule has 0 aromatic carbocycles. The van der Waals surface area contributed by atoms with E-state index < -0.39 is 0 Å². The number of carbonyl (C=O) groups excluding carboxylic acids is 1. The molecule has 0 bridgehead atoms. The SMILES string of the molecule is CCCCCC1CC1C(C)=O. The Balaban J connectivity index is 2.00. The molecule has 0 aromatic rings.